The van der Waals surface area contributed by atoms with Crippen LogP contribution in [-0.2, 0) is 0 Å². The summed E-state index contributed by atoms with van der Waals surface area (Å²) in [7, 11) is 0. The molecule has 4 nitrogen and oxygen atoms in total. The largest absolute Gasteiger partial charge is 0.474 e. The van der Waals surface area contributed by atoms with Crippen LogP contribution < -0.4 is 10.5 Å². The zero-order chi connectivity index (χ0) is 13.1. The first-order valence-electron chi connectivity index (χ1n) is 6.23. The lowest BCUT2D eigenvalue weighted by molar-refractivity contribution is 0.188. The van der Waals surface area contributed by atoms with Crippen molar-refractivity contribution in [3.63, 3.8) is 0 Å². The van der Waals surface area contributed by atoms with E-state index in [9.17, 15) is 0 Å². The molecule has 1 heterocycles. The standard InChI is InChI=1S/C14H19N3O/c1-9(2)6-10(3)18-14-12-5-4-11(15)7-13(12)16-8-17-14/h4-5,7-10H,6,15H2,1-3H3. The molecule has 0 saturated carbocycles. The molecule has 0 aliphatic heterocycles. The quantitative estimate of drug-likeness (QED) is 0.841. The second kappa shape index (κ2) is 5.21. The van der Waals surface area contributed by atoms with Crippen molar-refractivity contribution in [2.24, 2.45) is 5.92 Å². The molecule has 4 heteroatoms. The normalized spacial score (nSPS) is 12.9. The van der Waals surface area contributed by atoms with Crippen LogP contribution in [0.3, 0.4) is 0 Å². The van der Waals surface area contributed by atoms with E-state index in [0.29, 0.717) is 17.5 Å². The number of nitrogens with two attached hydrogens (primary N) is 1. The highest BCUT2D eigenvalue weighted by molar-refractivity contribution is 5.85. The van der Waals surface area contributed by atoms with Gasteiger partial charge in [-0.05, 0) is 37.5 Å². The molecule has 18 heavy (non-hydrogen) atoms. The Hall–Kier alpha value is -1.84. The van der Waals surface area contributed by atoms with Gasteiger partial charge in [-0.15, -0.1) is 0 Å². The summed E-state index contributed by atoms with van der Waals surface area (Å²) < 4.78 is 5.89. The number of aromatic nitrogens is 2. The third-order valence-electron chi connectivity index (χ3n) is 2.74. The number of ether oxygens (including phenoxy) is 1. The predicted octanol–water partition coefficient (Wildman–Crippen LogP) is 3.03. The smallest absolute Gasteiger partial charge is 0.224 e. The van der Waals surface area contributed by atoms with Crippen LogP contribution in [0.2, 0.25) is 0 Å². The number of nitrogens with zero attached hydrogens (tertiary/aromatic N) is 2. The third-order valence-corrected chi connectivity index (χ3v) is 2.74. The summed E-state index contributed by atoms with van der Waals surface area (Å²) >= 11 is 0. The molecule has 1 atom stereocenters. The van der Waals surface area contributed by atoms with Crippen molar-refractivity contribution < 1.29 is 4.74 Å². The van der Waals surface area contributed by atoms with Crippen LogP contribution in [0.25, 0.3) is 10.9 Å². The fourth-order valence-corrected chi connectivity index (χ4v) is 2.05. The van der Waals surface area contributed by atoms with E-state index in [1.165, 1.54) is 6.33 Å². The van der Waals surface area contributed by atoms with Crippen LogP contribution in [0, 0.1) is 5.92 Å². The van der Waals surface area contributed by atoms with Crippen LogP contribution in [-0.4, -0.2) is 16.1 Å². The summed E-state index contributed by atoms with van der Waals surface area (Å²) in [4.78, 5) is 8.41. The monoisotopic (exact) mass is 245 g/mol. The van der Waals surface area contributed by atoms with E-state index in [1.54, 1.807) is 0 Å². The molecule has 1 aromatic heterocycles. The first-order chi connectivity index (χ1) is 8.56. The molecule has 2 aromatic rings. The third kappa shape index (κ3) is 2.88. The van der Waals surface area contributed by atoms with Crippen molar-refractivity contribution >= 4 is 16.6 Å². The Morgan fingerprint density at radius 3 is 2.72 bits per heavy atom. The second-order valence-corrected chi connectivity index (χ2v) is 5.01. The molecule has 0 bridgehead atoms. The Balaban J connectivity index is 2.28. The second-order valence-electron chi connectivity index (χ2n) is 5.01. The van der Waals surface area contributed by atoms with Crippen molar-refractivity contribution in [2.75, 3.05) is 5.73 Å². The Morgan fingerprint density at radius 1 is 1.22 bits per heavy atom. The minimum Gasteiger partial charge on any atom is -0.474 e. The van der Waals surface area contributed by atoms with Gasteiger partial charge in [0.15, 0.2) is 0 Å². The van der Waals surface area contributed by atoms with Crippen molar-refractivity contribution in [3.05, 3.63) is 24.5 Å². The lowest BCUT2D eigenvalue weighted by Gasteiger charge is -2.16. The Kier molecular flexibility index (Phi) is 3.65. The summed E-state index contributed by atoms with van der Waals surface area (Å²) in [6, 6.07) is 5.57. The SMILES string of the molecule is CC(C)CC(C)Oc1ncnc2cc(N)ccc12. The van der Waals surface area contributed by atoms with Crippen molar-refractivity contribution in [3.8, 4) is 5.88 Å². The topological polar surface area (TPSA) is 61.0 Å². The molecule has 0 radical (unpaired) electrons. The zero-order valence-corrected chi connectivity index (χ0v) is 11.1. The van der Waals surface area contributed by atoms with Crippen LogP contribution >= 0.6 is 0 Å². The number of hydrogen-bond donors (Lipinski definition) is 1. The van der Waals surface area contributed by atoms with Gasteiger partial charge in [-0.2, -0.15) is 0 Å². The van der Waals surface area contributed by atoms with E-state index >= 15 is 0 Å². The number of nitrogen functional groups attached to an aromatic ring is 1. The van der Waals surface area contributed by atoms with Crippen LogP contribution in [0.15, 0.2) is 24.5 Å². The number of rotatable bonds is 4. The fraction of sp³-hybridized carbons (Fsp3) is 0.429. The Bertz CT molecular complexity index is 540. The minimum atomic E-state index is 0.139. The lowest BCUT2D eigenvalue weighted by atomic mass is 10.1. The average Bonchev–Trinajstić information content (AvgIpc) is 2.27. The van der Waals surface area contributed by atoms with Crippen molar-refractivity contribution in [1.29, 1.82) is 0 Å². The van der Waals surface area contributed by atoms with E-state index in [-0.39, 0.29) is 6.10 Å². The summed E-state index contributed by atoms with van der Waals surface area (Å²) in [6.45, 7) is 6.42. The van der Waals surface area contributed by atoms with Gasteiger partial charge in [-0.1, -0.05) is 13.8 Å². The van der Waals surface area contributed by atoms with Gasteiger partial charge in [0, 0.05) is 5.69 Å². The van der Waals surface area contributed by atoms with Gasteiger partial charge in [0.05, 0.1) is 17.0 Å². The van der Waals surface area contributed by atoms with Crippen molar-refractivity contribution in [2.45, 2.75) is 33.3 Å². The van der Waals surface area contributed by atoms with Gasteiger partial charge in [0.2, 0.25) is 5.88 Å². The van der Waals surface area contributed by atoms with Gasteiger partial charge < -0.3 is 10.5 Å². The van der Waals surface area contributed by atoms with Crippen LogP contribution in [0.4, 0.5) is 5.69 Å². The first-order valence-corrected chi connectivity index (χ1v) is 6.23. The van der Waals surface area contributed by atoms with E-state index in [1.807, 2.05) is 18.2 Å². The Labute approximate surface area is 107 Å². The highest BCUT2D eigenvalue weighted by Crippen LogP contribution is 2.24. The molecule has 1 aromatic carbocycles. The van der Waals surface area contributed by atoms with Gasteiger partial charge in [0.25, 0.3) is 0 Å². The van der Waals surface area contributed by atoms with Gasteiger partial charge in [-0.25, -0.2) is 9.97 Å². The summed E-state index contributed by atoms with van der Waals surface area (Å²) in [5.41, 5.74) is 7.25. The van der Waals surface area contributed by atoms with E-state index in [4.69, 9.17) is 10.5 Å². The van der Waals surface area contributed by atoms with Crippen molar-refractivity contribution in [1.82, 2.24) is 9.97 Å². The summed E-state index contributed by atoms with van der Waals surface area (Å²) in [5, 5.41) is 0.905. The molecule has 0 saturated heterocycles. The average molecular weight is 245 g/mol. The molecule has 0 fully saturated rings. The first kappa shape index (κ1) is 12.6. The molecular weight excluding hydrogens is 226 g/mol. The maximum atomic E-state index is 5.89. The van der Waals surface area contributed by atoms with E-state index in [0.717, 1.165) is 17.3 Å². The highest BCUT2D eigenvalue weighted by Gasteiger charge is 2.10. The molecule has 0 aliphatic rings. The van der Waals surface area contributed by atoms with Crippen LogP contribution in [0.5, 0.6) is 5.88 Å². The number of anilines is 1. The number of benzene rings is 1. The lowest BCUT2D eigenvalue weighted by Crippen LogP contribution is -2.15. The van der Waals surface area contributed by atoms with Gasteiger partial charge >= 0.3 is 0 Å². The van der Waals surface area contributed by atoms with Gasteiger partial charge in [0.1, 0.15) is 6.33 Å². The maximum absolute atomic E-state index is 5.89. The molecule has 0 spiro atoms. The van der Waals surface area contributed by atoms with E-state index < -0.39 is 0 Å². The zero-order valence-electron chi connectivity index (χ0n) is 11.1. The highest BCUT2D eigenvalue weighted by atomic mass is 16.5. The van der Waals surface area contributed by atoms with E-state index in [2.05, 4.69) is 30.7 Å². The molecule has 2 rings (SSSR count). The fourth-order valence-electron chi connectivity index (χ4n) is 2.05. The maximum Gasteiger partial charge on any atom is 0.224 e. The number of fused-ring (bicyclic) bond motifs is 1. The molecular formula is C14H19N3O. The Morgan fingerprint density at radius 2 is 2.00 bits per heavy atom. The molecule has 0 amide bonds. The molecule has 2 N–H and O–H groups in total. The van der Waals surface area contributed by atoms with Gasteiger partial charge in [-0.3, -0.25) is 0 Å². The number of hydrogen-bond acceptors (Lipinski definition) is 4. The molecule has 1 unspecified atom stereocenters. The summed E-state index contributed by atoms with van der Waals surface area (Å²) in [5.74, 6) is 1.23. The summed E-state index contributed by atoms with van der Waals surface area (Å²) in [6.07, 6.45) is 2.65. The minimum absolute atomic E-state index is 0.139. The molecule has 96 valence electrons. The van der Waals surface area contributed by atoms with Crippen LogP contribution in [0.1, 0.15) is 27.2 Å². The molecule has 0 aliphatic carbocycles. The predicted molar refractivity (Wildman–Crippen MR) is 73.5 cm³/mol.